The molecule has 1 aliphatic rings. The van der Waals surface area contributed by atoms with E-state index in [0.29, 0.717) is 12.1 Å². The molecule has 2 heterocycles. The average Bonchev–Trinajstić information content (AvgIpc) is 3.17. The fourth-order valence-electron chi connectivity index (χ4n) is 3.97. The van der Waals surface area contributed by atoms with Crippen LogP contribution in [0.4, 0.5) is 0 Å². The van der Waals surface area contributed by atoms with E-state index in [9.17, 15) is 0 Å². The minimum absolute atomic E-state index is 0.364. The van der Waals surface area contributed by atoms with Crippen molar-refractivity contribution in [2.45, 2.75) is 51.6 Å². The summed E-state index contributed by atoms with van der Waals surface area (Å²) in [5, 5.41) is 13.0. The topological polar surface area (TPSA) is 67.1 Å². The Kier molecular flexibility index (Phi) is 5.79. The van der Waals surface area contributed by atoms with Gasteiger partial charge in [0.05, 0.1) is 11.2 Å². The van der Waals surface area contributed by atoms with Crippen LogP contribution in [0.1, 0.15) is 43.1 Å². The summed E-state index contributed by atoms with van der Waals surface area (Å²) in [6.07, 6.45) is 8.09. The molecule has 1 aliphatic carbocycles. The second-order valence-electron chi connectivity index (χ2n) is 8.00. The lowest BCUT2D eigenvalue weighted by molar-refractivity contribution is 0.499. The van der Waals surface area contributed by atoms with Crippen LogP contribution in [0.5, 0.6) is 0 Å². The van der Waals surface area contributed by atoms with Crippen molar-refractivity contribution < 1.29 is 0 Å². The quantitative estimate of drug-likeness (QED) is 0.518. The van der Waals surface area contributed by atoms with Crippen molar-refractivity contribution in [1.82, 2.24) is 25.4 Å². The number of benzene rings is 1. The molecule has 4 rings (SSSR count). The summed E-state index contributed by atoms with van der Waals surface area (Å²) in [6, 6.07) is 11.2. The van der Waals surface area contributed by atoms with Crippen molar-refractivity contribution in [2.75, 3.05) is 13.6 Å². The predicted molar refractivity (Wildman–Crippen MR) is 118 cm³/mol. The van der Waals surface area contributed by atoms with Crippen LogP contribution < -0.4 is 10.6 Å². The molecule has 0 spiro atoms. The van der Waals surface area contributed by atoms with Crippen molar-refractivity contribution in [2.24, 2.45) is 4.99 Å². The second-order valence-corrected chi connectivity index (χ2v) is 8.00. The van der Waals surface area contributed by atoms with E-state index in [4.69, 9.17) is 5.10 Å². The third kappa shape index (κ3) is 4.42. The normalized spacial score (nSPS) is 16.8. The smallest absolute Gasteiger partial charge is 0.191 e. The molecule has 152 valence electrons. The maximum Gasteiger partial charge on any atom is 0.191 e. The van der Waals surface area contributed by atoms with Gasteiger partial charge in [0.1, 0.15) is 0 Å². The molecule has 0 saturated carbocycles. The van der Waals surface area contributed by atoms with Gasteiger partial charge in [-0.15, -0.1) is 0 Å². The first-order valence-corrected chi connectivity index (χ1v) is 10.5. The number of aromatic nitrogens is 3. The summed E-state index contributed by atoms with van der Waals surface area (Å²) in [7, 11) is 1.83. The zero-order chi connectivity index (χ0) is 20.2. The number of aliphatic imine (C=N–C) groups is 1. The van der Waals surface area contributed by atoms with E-state index in [1.54, 1.807) is 0 Å². The molecule has 29 heavy (non-hydrogen) atoms. The van der Waals surface area contributed by atoms with E-state index in [-0.39, 0.29) is 0 Å². The first-order chi connectivity index (χ1) is 14.1. The van der Waals surface area contributed by atoms with Crippen LogP contribution in [0.2, 0.25) is 0 Å². The number of nitrogens with one attached hydrogen (secondary N) is 2. The Bertz CT molecular complexity index is 998. The van der Waals surface area contributed by atoms with Crippen molar-refractivity contribution in [1.29, 1.82) is 0 Å². The van der Waals surface area contributed by atoms with Crippen LogP contribution in [-0.2, 0) is 19.3 Å². The van der Waals surface area contributed by atoms with Gasteiger partial charge in [-0.25, -0.2) is 0 Å². The highest BCUT2D eigenvalue weighted by Gasteiger charge is 2.23. The standard InChI is InChI=1S/C23H30N6/c1-16(2)29-15-19-9-10-20(14-21(19)28-29)27-23(24-3)26-13-11-18-7-4-6-17-8-5-12-25-22(17)18/h4-8,12,15-16,20H,9-11,13-14H2,1-3H3,(H2,24,26,27). The molecule has 0 amide bonds. The summed E-state index contributed by atoms with van der Waals surface area (Å²) in [6.45, 7) is 5.16. The number of fused-ring (bicyclic) bond motifs is 2. The van der Waals surface area contributed by atoms with Crippen molar-refractivity contribution in [3.05, 3.63) is 59.5 Å². The first-order valence-electron chi connectivity index (χ1n) is 10.5. The number of para-hydroxylation sites is 1. The van der Waals surface area contributed by atoms with Crippen LogP contribution >= 0.6 is 0 Å². The SMILES string of the molecule is CN=C(NCCc1cccc2cccnc12)NC1CCc2cn(C(C)C)nc2C1. The summed E-state index contributed by atoms with van der Waals surface area (Å²) in [4.78, 5) is 8.96. The number of pyridine rings is 1. The van der Waals surface area contributed by atoms with Crippen LogP contribution in [0, 0.1) is 0 Å². The number of nitrogens with zero attached hydrogens (tertiary/aromatic N) is 4. The minimum Gasteiger partial charge on any atom is -0.356 e. The summed E-state index contributed by atoms with van der Waals surface area (Å²) in [5.41, 5.74) is 4.95. The molecule has 0 bridgehead atoms. The fourth-order valence-corrected chi connectivity index (χ4v) is 3.97. The lowest BCUT2D eigenvalue weighted by Gasteiger charge is -2.24. The van der Waals surface area contributed by atoms with Crippen molar-refractivity contribution >= 4 is 16.9 Å². The van der Waals surface area contributed by atoms with Gasteiger partial charge in [0, 0.05) is 49.9 Å². The number of hydrogen-bond acceptors (Lipinski definition) is 3. The van der Waals surface area contributed by atoms with Gasteiger partial charge in [-0.05, 0) is 50.3 Å². The first kappa shape index (κ1) is 19.4. The molecule has 2 aromatic heterocycles. The van der Waals surface area contributed by atoms with Gasteiger partial charge in [0.15, 0.2) is 5.96 Å². The molecule has 0 fully saturated rings. The van der Waals surface area contributed by atoms with Gasteiger partial charge in [0.25, 0.3) is 0 Å². The Morgan fingerprint density at radius 2 is 2.14 bits per heavy atom. The van der Waals surface area contributed by atoms with E-state index in [2.05, 4.69) is 69.6 Å². The highest BCUT2D eigenvalue weighted by Crippen LogP contribution is 2.22. The number of hydrogen-bond donors (Lipinski definition) is 2. The van der Waals surface area contributed by atoms with Gasteiger partial charge in [-0.2, -0.15) is 5.10 Å². The lowest BCUT2D eigenvalue weighted by Crippen LogP contribution is -2.46. The summed E-state index contributed by atoms with van der Waals surface area (Å²) >= 11 is 0. The van der Waals surface area contributed by atoms with E-state index in [1.165, 1.54) is 22.2 Å². The molecular weight excluding hydrogens is 360 g/mol. The Morgan fingerprint density at radius 3 is 2.97 bits per heavy atom. The molecule has 0 aliphatic heterocycles. The van der Waals surface area contributed by atoms with Gasteiger partial charge in [-0.3, -0.25) is 14.7 Å². The monoisotopic (exact) mass is 390 g/mol. The number of rotatable bonds is 5. The van der Waals surface area contributed by atoms with Crippen molar-refractivity contribution in [3.8, 4) is 0 Å². The second kappa shape index (κ2) is 8.64. The fraction of sp³-hybridized carbons (Fsp3) is 0.435. The maximum absolute atomic E-state index is 4.77. The van der Waals surface area contributed by atoms with Gasteiger partial charge >= 0.3 is 0 Å². The average molecular weight is 391 g/mol. The van der Waals surface area contributed by atoms with E-state index in [0.717, 1.165) is 43.7 Å². The Hall–Kier alpha value is -2.89. The predicted octanol–water partition coefficient (Wildman–Crippen LogP) is 3.28. The van der Waals surface area contributed by atoms with Crippen LogP contribution in [0.15, 0.2) is 47.7 Å². The molecule has 0 radical (unpaired) electrons. The number of aryl methyl sites for hydroxylation is 1. The third-order valence-electron chi connectivity index (χ3n) is 5.59. The van der Waals surface area contributed by atoms with Crippen molar-refractivity contribution in [3.63, 3.8) is 0 Å². The van der Waals surface area contributed by atoms with Crippen LogP contribution in [0.25, 0.3) is 10.9 Å². The van der Waals surface area contributed by atoms with E-state index in [1.807, 2.05) is 19.3 Å². The van der Waals surface area contributed by atoms with Gasteiger partial charge in [0.2, 0.25) is 0 Å². The Morgan fingerprint density at radius 1 is 1.28 bits per heavy atom. The summed E-state index contributed by atoms with van der Waals surface area (Å²) in [5.74, 6) is 0.856. The highest BCUT2D eigenvalue weighted by atomic mass is 15.3. The van der Waals surface area contributed by atoms with Crippen LogP contribution in [-0.4, -0.2) is 40.4 Å². The van der Waals surface area contributed by atoms with Gasteiger partial charge in [-0.1, -0.05) is 24.3 Å². The molecule has 6 heteroatoms. The Labute approximate surface area is 172 Å². The molecular formula is C23H30N6. The van der Waals surface area contributed by atoms with E-state index >= 15 is 0 Å². The lowest BCUT2D eigenvalue weighted by atomic mass is 9.94. The van der Waals surface area contributed by atoms with E-state index < -0.39 is 0 Å². The summed E-state index contributed by atoms with van der Waals surface area (Å²) < 4.78 is 2.08. The third-order valence-corrected chi connectivity index (χ3v) is 5.59. The molecule has 2 N–H and O–H groups in total. The zero-order valence-corrected chi connectivity index (χ0v) is 17.5. The molecule has 3 aromatic rings. The maximum atomic E-state index is 4.77. The van der Waals surface area contributed by atoms with Gasteiger partial charge < -0.3 is 10.6 Å². The van der Waals surface area contributed by atoms with Crippen LogP contribution in [0.3, 0.4) is 0 Å². The highest BCUT2D eigenvalue weighted by molar-refractivity contribution is 5.82. The number of guanidine groups is 1. The molecule has 1 unspecified atom stereocenters. The molecule has 6 nitrogen and oxygen atoms in total. The molecule has 1 atom stereocenters. The minimum atomic E-state index is 0.364. The molecule has 1 aromatic carbocycles. The molecule has 0 saturated heterocycles. The zero-order valence-electron chi connectivity index (χ0n) is 17.5. The Balaban J connectivity index is 1.33. The largest absolute Gasteiger partial charge is 0.356 e.